The van der Waals surface area contributed by atoms with Gasteiger partial charge in [-0.25, -0.2) is 0 Å². The van der Waals surface area contributed by atoms with Gasteiger partial charge in [-0.05, 0) is 32.0 Å². The van der Waals surface area contributed by atoms with Crippen LogP contribution in [0.15, 0.2) is 18.2 Å². The Bertz CT molecular complexity index is 418. The summed E-state index contributed by atoms with van der Waals surface area (Å²) in [6, 6.07) is 4.76. The summed E-state index contributed by atoms with van der Waals surface area (Å²) < 4.78 is 5.03. The maximum absolute atomic E-state index is 11.9. The van der Waals surface area contributed by atoms with Crippen LogP contribution in [-0.4, -0.2) is 30.3 Å². The van der Waals surface area contributed by atoms with Gasteiger partial charge in [0, 0.05) is 5.56 Å². The van der Waals surface area contributed by atoms with Gasteiger partial charge in [0.2, 0.25) is 0 Å². The van der Waals surface area contributed by atoms with E-state index in [0.717, 1.165) is 0 Å². The van der Waals surface area contributed by atoms with E-state index in [4.69, 9.17) is 21.4 Å². The number of amides is 1. The molecule has 0 spiro atoms. The number of aliphatic hydroxyl groups excluding tert-OH is 1. The lowest BCUT2D eigenvalue weighted by Gasteiger charge is -2.23. The van der Waals surface area contributed by atoms with Crippen LogP contribution in [0.5, 0.6) is 5.75 Å². The molecule has 4 nitrogen and oxygen atoms in total. The highest BCUT2D eigenvalue weighted by Crippen LogP contribution is 2.25. The number of carbonyl (C=O) groups excluding carboxylic acids is 1. The largest absolute Gasteiger partial charge is 0.495 e. The van der Waals surface area contributed by atoms with Crippen LogP contribution >= 0.6 is 11.6 Å². The molecule has 1 amide bonds. The third-order valence-corrected chi connectivity index (χ3v) is 2.57. The highest BCUT2D eigenvalue weighted by atomic mass is 35.5. The van der Waals surface area contributed by atoms with Crippen LogP contribution in [-0.2, 0) is 0 Å². The van der Waals surface area contributed by atoms with Crippen LogP contribution in [0.25, 0.3) is 0 Å². The zero-order valence-corrected chi connectivity index (χ0v) is 10.8. The Morgan fingerprint density at radius 1 is 1.53 bits per heavy atom. The minimum atomic E-state index is -0.663. The zero-order chi connectivity index (χ0) is 13.1. The van der Waals surface area contributed by atoms with Gasteiger partial charge in [-0.2, -0.15) is 0 Å². The molecule has 1 aromatic rings. The molecule has 1 rings (SSSR count). The van der Waals surface area contributed by atoms with Gasteiger partial charge in [0.05, 0.1) is 24.3 Å². The Balaban J connectivity index is 2.90. The topological polar surface area (TPSA) is 58.6 Å². The number of ether oxygens (including phenoxy) is 1. The first-order chi connectivity index (χ1) is 7.89. The molecule has 0 atom stereocenters. The van der Waals surface area contributed by atoms with Gasteiger partial charge < -0.3 is 15.2 Å². The molecule has 0 bridgehead atoms. The molecule has 0 aliphatic rings. The third kappa shape index (κ3) is 3.61. The first kappa shape index (κ1) is 13.8. The van der Waals surface area contributed by atoms with Crippen molar-refractivity contribution in [3.05, 3.63) is 28.8 Å². The van der Waals surface area contributed by atoms with Gasteiger partial charge >= 0.3 is 0 Å². The van der Waals surface area contributed by atoms with Crippen LogP contribution in [0.4, 0.5) is 0 Å². The number of benzene rings is 1. The number of hydrogen-bond acceptors (Lipinski definition) is 3. The molecular formula is C12H16ClNO3. The normalized spacial score (nSPS) is 11.1. The molecular weight excluding hydrogens is 242 g/mol. The summed E-state index contributed by atoms with van der Waals surface area (Å²) in [6.45, 7) is 3.33. The van der Waals surface area contributed by atoms with E-state index in [0.29, 0.717) is 16.3 Å². The van der Waals surface area contributed by atoms with E-state index < -0.39 is 5.54 Å². The smallest absolute Gasteiger partial charge is 0.251 e. The average molecular weight is 258 g/mol. The molecule has 0 heterocycles. The summed E-state index contributed by atoms with van der Waals surface area (Å²) in [4.78, 5) is 11.9. The number of halogens is 1. The van der Waals surface area contributed by atoms with Gasteiger partial charge in [0.15, 0.2) is 0 Å². The molecule has 0 fully saturated rings. The van der Waals surface area contributed by atoms with Gasteiger partial charge in [-0.3, -0.25) is 4.79 Å². The predicted molar refractivity (Wildman–Crippen MR) is 66.6 cm³/mol. The van der Waals surface area contributed by atoms with Crippen molar-refractivity contribution in [2.24, 2.45) is 0 Å². The fourth-order valence-corrected chi connectivity index (χ4v) is 1.41. The highest BCUT2D eigenvalue weighted by molar-refractivity contribution is 6.32. The monoisotopic (exact) mass is 257 g/mol. The maximum Gasteiger partial charge on any atom is 0.251 e. The predicted octanol–water partition coefficient (Wildman–Crippen LogP) is 1.85. The van der Waals surface area contributed by atoms with Gasteiger partial charge in [-0.1, -0.05) is 11.6 Å². The second-order valence-corrected chi connectivity index (χ2v) is 4.75. The summed E-state index contributed by atoms with van der Waals surface area (Å²) in [5.41, 5.74) is -0.225. The van der Waals surface area contributed by atoms with Crippen molar-refractivity contribution < 1.29 is 14.6 Å². The maximum atomic E-state index is 11.9. The minimum absolute atomic E-state index is 0.135. The van der Waals surface area contributed by atoms with E-state index in [9.17, 15) is 4.79 Å². The second kappa shape index (κ2) is 5.38. The lowest BCUT2D eigenvalue weighted by Crippen LogP contribution is -2.46. The number of carbonyl (C=O) groups is 1. The minimum Gasteiger partial charge on any atom is -0.495 e. The van der Waals surface area contributed by atoms with E-state index in [1.807, 2.05) is 0 Å². The Kier molecular flexibility index (Phi) is 4.37. The van der Waals surface area contributed by atoms with Crippen LogP contribution in [0, 0.1) is 0 Å². The fourth-order valence-electron chi connectivity index (χ4n) is 1.22. The Morgan fingerprint density at radius 2 is 2.18 bits per heavy atom. The van der Waals surface area contributed by atoms with Crippen molar-refractivity contribution >= 4 is 17.5 Å². The van der Waals surface area contributed by atoms with Crippen molar-refractivity contribution in [2.45, 2.75) is 19.4 Å². The van der Waals surface area contributed by atoms with Crippen molar-refractivity contribution in [2.75, 3.05) is 13.7 Å². The summed E-state index contributed by atoms with van der Waals surface area (Å²) in [5, 5.41) is 12.2. The van der Waals surface area contributed by atoms with Crippen molar-refractivity contribution in [1.29, 1.82) is 0 Å². The zero-order valence-electron chi connectivity index (χ0n) is 10.1. The fraction of sp³-hybridized carbons (Fsp3) is 0.417. The standard InChI is InChI=1S/C12H16ClNO3/c1-12(2,7-15)14-11(16)8-4-5-9(13)10(6-8)17-3/h4-6,15H,7H2,1-3H3,(H,14,16). The van der Waals surface area contributed by atoms with Gasteiger partial charge in [0.25, 0.3) is 5.91 Å². The molecule has 17 heavy (non-hydrogen) atoms. The van der Waals surface area contributed by atoms with E-state index in [1.165, 1.54) is 7.11 Å². The Morgan fingerprint density at radius 3 is 2.71 bits per heavy atom. The number of rotatable bonds is 4. The number of aliphatic hydroxyl groups is 1. The molecule has 0 aliphatic heterocycles. The second-order valence-electron chi connectivity index (χ2n) is 4.35. The van der Waals surface area contributed by atoms with E-state index >= 15 is 0 Å². The highest BCUT2D eigenvalue weighted by Gasteiger charge is 2.20. The molecule has 1 aromatic carbocycles. The van der Waals surface area contributed by atoms with Crippen molar-refractivity contribution in [3.8, 4) is 5.75 Å². The van der Waals surface area contributed by atoms with Crippen molar-refractivity contribution in [3.63, 3.8) is 0 Å². The van der Waals surface area contributed by atoms with Crippen LogP contribution in [0.2, 0.25) is 5.02 Å². The summed E-state index contributed by atoms with van der Waals surface area (Å²) in [7, 11) is 1.49. The molecule has 0 radical (unpaired) electrons. The first-order valence-electron chi connectivity index (χ1n) is 5.16. The van der Waals surface area contributed by atoms with Crippen LogP contribution in [0.1, 0.15) is 24.2 Å². The third-order valence-electron chi connectivity index (χ3n) is 2.26. The van der Waals surface area contributed by atoms with Crippen molar-refractivity contribution in [1.82, 2.24) is 5.32 Å². The molecule has 0 aromatic heterocycles. The number of methoxy groups -OCH3 is 1. The molecule has 2 N–H and O–H groups in total. The van der Waals surface area contributed by atoms with Gasteiger partial charge in [-0.15, -0.1) is 0 Å². The summed E-state index contributed by atoms with van der Waals surface area (Å²) in [5.74, 6) is 0.167. The Hall–Kier alpha value is -1.26. The SMILES string of the molecule is COc1cc(C(=O)NC(C)(C)CO)ccc1Cl. The molecule has 94 valence electrons. The Labute approximate surface area is 106 Å². The molecule has 0 saturated carbocycles. The first-order valence-corrected chi connectivity index (χ1v) is 5.54. The lowest BCUT2D eigenvalue weighted by molar-refractivity contribution is 0.0869. The molecule has 0 aliphatic carbocycles. The number of hydrogen-bond donors (Lipinski definition) is 2. The summed E-state index contributed by atoms with van der Waals surface area (Å²) in [6.07, 6.45) is 0. The lowest BCUT2D eigenvalue weighted by atomic mass is 10.1. The van der Waals surface area contributed by atoms with Gasteiger partial charge in [0.1, 0.15) is 5.75 Å². The molecule has 5 heteroatoms. The van der Waals surface area contributed by atoms with Crippen LogP contribution < -0.4 is 10.1 Å². The molecule has 0 unspecified atom stereocenters. The van der Waals surface area contributed by atoms with E-state index in [2.05, 4.69) is 5.32 Å². The average Bonchev–Trinajstić information content (AvgIpc) is 2.29. The van der Waals surface area contributed by atoms with E-state index in [-0.39, 0.29) is 12.5 Å². The summed E-state index contributed by atoms with van der Waals surface area (Å²) >= 11 is 5.86. The number of nitrogens with one attached hydrogen (secondary N) is 1. The van der Waals surface area contributed by atoms with E-state index in [1.54, 1.807) is 32.0 Å². The quantitative estimate of drug-likeness (QED) is 0.866. The molecule has 0 saturated heterocycles. The van der Waals surface area contributed by atoms with Crippen LogP contribution in [0.3, 0.4) is 0 Å².